The first-order valence-corrected chi connectivity index (χ1v) is 6.76. The van der Waals surface area contributed by atoms with Gasteiger partial charge in [0.25, 0.3) is 0 Å². The van der Waals surface area contributed by atoms with E-state index in [0.717, 1.165) is 12.8 Å². The van der Waals surface area contributed by atoms with Gasteiger partial charge in [-0.25, -0.2) is 8.42 Å². The molecule has 0 rings (SSSR count). The van der Waals surface area contributed by atoms with Gasteiger partial charge < -0.3 is 5.11 Å². The molecule has 0 amide bonds. The lowest BCUT2D eigenvalue weighted by Gasteiger charge is -2.00. The quantitative estimate of drug-likeness (QED) is 0.618. The van der Waals surface area contributed by atoms with Crippen LogP contribution in [-0.4, -0.2) is 25.2 Å². The summed E-state index contributed by atoms with van der Waals surface area (Å²) in [5.41, 5.74) is 0. The van der Waals surface area contributed by atoms with Crippen molar-refractivity contribution in [2.24, 2.45) is 0 Å². The molecule has 0 fully saturated rings. The Labute approximate surface area is 81.1 Å². The van der Waals surface area contributed by atoms with Crippen LogP contribution in [-0.2, 0) is 9.84 Å². The predicted octanol–water partition coefficient (Wildman–Crippen LogP) is 1.71. The van der Waals surface area contributed by atoms with Gasteiger partial charge in [0.05, 0.1) is 5.75 Å². The zero-order valence-electron chi connectivity index (χ0n) is 8.33. The highest BCUT2D eigenvalue weighted by atomic mass is 32.2. The van der Waals surface area contributed by atoms with Gasteiger partial charge in [0.1, 0.15) is 5.94 Å². The van der Waals surface area contributed by atoms with Crippen molar-refractivity contribution in [2.45, 2.75) is 45.4 Å². The van der Waals surface area contributed by atoms with Gasteiger partial charge in [-0.1, -0.05) is 39.0 Å². The topological polar surface area (TPSA) is 54.4 Å². The Balaban J connectivity index is 3.26. The zero-order chi connectivity index (χ0) is 10.2. The Morgan fingerprint density at radius 3 is 2.08 bits per heavy atom. The number of unbranched alkanes of at least 4 members (excludes halogenated alkanes) is 5. The Morgan fingerprint density at radius 2 is 1.54 bits per heavy atom. The molecule has 0 aliphatic rings. The van der Waals surface area contributed by atoms with Crippen molar-refractivity contribution in [3.63, 3.8) is 0 Å². The summed E-state index contributed by atoms with van der Waals surface area (Å²) in [6.45, 7) is 2.15. The molecule has 3 nitrogen and oxygen atoms in total. The normalized spacial score (nSPS) is 11.8. The molecule has 0 spiro atoms. The molecule has 80 valence electrons. The fourth-order valence-electron chi connectivity index (χ4n) is 1.17. The van der Waals surface area contributed by atoms with Crippen molar-refractivity contribution >= 4 is 9.84 Å². The van der Waals surface area contributed by atoms with E-state index in [4.69, 9.17) is 5.11 Å². The van der Waals surface area contributed by atoms with Crippen LogP contribution in [0.1, 0.15) is 45.4 Å². The highest BCUT2D eigenvalue weighted by Gasteiger charge is 2.06. The Kier molecular flexibility index (Phi) is 7.28. The summed E-state index contributed by atoms with van der Waals surface area (Å²) < 4.78 is 21.7. The Morgan fingerprint density at radius 1 is 1.00 bits per heavy atom. The second kappa shape index (κ2) is 7.33. The van der Waals surface area contributed by atoms with Crippen LogP contribution in [0.15, 0.2) is 0 Å². The summed E-state index contributed by atoms with van der Waals surface area (Å²) in [7, 11) is -3.16. The molecule has 0 radical (unpaired) electrons. The fourth-order valence-corrected chi connectivity index (χ4v) is 1.94. The third kappa shape index (κ3) is 8.25. The SMILES string of the molecule is CCCCCCCCS(=O)(=O)CO. The van der Waals surface area contributed by atoms with Gasteiger partial charge in [-0.15, -0.1) is 0 Å². The third-order valence-corrected chi connectivity index (χ3v) is 3.31. The van der Waals surface area contributed by atoms with Crippen LogP contribution in [0.4, 0.5) is 0 Å². The van der Waals surface area contributed by atoms with Gasteiger partial charge >= 0.3 is 0 Å². The number of hydrogen-bond acceptors (Lipinski definition) is 3. The molecule has 0 aliphatic carbocycles. The molecule has 0 aromatic rings. The number of rotatable bonds is 8. The molecule has 0 aromatic heterocycles. The maximum absolute atomic E-state index is 10.8. The van der Waals surface area contributed by atoms with Crippen LogP contribution in [0, 0.1) is 0 Å². The van der Waals surface area contributed by atoms with E-state index in [0.29, 0.717) is 6.42 Å². The van der Waals surface area contributed by atoms with Gasteiger partial charge in [-0.05, 0) is 6.42 Å². The van der Waals surface area contributed by atoms with Crippen molar-refractivity contribution in [2.75, 3.05) is 11.7 Å². The van der Waals surface area contributed by atoms with E-state index in [9.17, 15) is 8.42 Å². The minimum Gasteiger partial charge on any atom is -0.380 e. The van der Waals surface area contributed by atoms with E-state index in [2.05, 4.69) is 6.92 Å². The minimum atomic E-state index is -3.16. The third-order valence-electron chi connectivity index (χ3n) is 2.01. The summed E-state index contributed by atoms with van der Waals surface area (Å²) in [6, 6.07) is 0. The molecular formula is C9H20O3S. The van der Waals surface area contributed by atoms with Gasteiger partial charge in [0.15, 0.2) is 9.84 Å². The van der Waals surface area contributed by atoms with E-state index >= 15 is 0 Å². The molecule has 0 aliphatic heterocycles. The number of hydrogen-bond donors (Lipinski definition) is 1. The maximum atomic E-state index is 10.8. The number of aliphatic hydroxyl groups excluding tert-OH is 1. The first-order chi connectivity index (χ1) is 6.12. The lowest BCUT2D eigenvalue weighted by molar-refractivity contribution is 0.358. The highest BCUT2D eigenvalue weighted by molar-refractivity contribution is 7.91. The molecule has 0 atom stereocenters. The van der Waals surface area contributed by atoms with Crippen LogP contribution < -0.4 is 0 Å². The summed E-state index contributed by atoms with van der Waals surface area (Å²) in [5.74, 6) is -0.572. The Hall–Kier alpha value is -0.0900. The summed E-state index contributed by atoms with van der Waals surface area (Å²) >= 11 is 0. The largest absolute Gasteiger partial charge is 0.380 e. The van der Waals surface area contributed by atoms with Gasteiger partial charge in [0.2, 0.25) is 0 Å². The predicted molar refractivity (Wildman–Crippen MR) is 54.2 cm³/mol. The van der Waals surface area contributed by atoms with Crippen LogP contribution >= 0.6 is 0 Å². The van der Waals surface area contributed by atoms with Crippen LogP contribution in [0.5, 0.6) is 0 Å². The molecule has 0 aromatic carbocycles. The minimum absolute atomic E-state index is 0.135. The van der Waals surface area contributed by atoms with Crippen molar-refractivity contribution < 1.29 is 13.5 Å². The molecule has 0 saturated heterocycles. The van der Waals surface area contributed by atoms with Crippen molar-refractivity contribution in [1.29, 1.82) is 0 Å². The first kappa shape index (κ1) is 12.9. The number of aliphatic hydroxyl groups is 1. The van der Waals surface area contributed by atoms with Crippen LogP contribution in [0.2, 0.25) is 0 Å². The van der Waals surface area contributed by atoms with Crippen molar-refractivity contribution in [3.8, 4) is 0 Å². The molecule has 0 saturated carbocycles. The molecule has 4 heteroatoms. The monoisotopic (exact) mass is 208 g/mol. The molecule has 0 unspecified atom stereocenters. The van der Waals surface area contributed by atoms with E-state index < -0.39 is 15.8 Å². The van der Waals surface area contributed by atoms with Crippen molar-refractivity contribution in [3.05, 3.63) is 0 Å². The lowest BCUT2D eigenvalue weighted by Crippen LogP contribution is -2.10. The second-order valence-corrected chi connectivity index (χ2v) is 5.50. The van der Waals surface area contributed by atoms with Gasteiger partial charge in [-0.3, -0.25) is 0 Å². The molecule has 0 bridgehead atoms. The highest BCUT2D eigenvalue weighted by Crippen LogP contribution is 2.06. The molecule has 0 heterocycles. The van der Waals surface area contributed by atoms with Gasteiger partial charge in [-0.2, -0.15) is 0 Å². The smallest absolute Gasteiger partial charge is 0.173 e. The van der Waals surface area contributed by atoms with Crippen LogP contribution in [0.3, 0.4) is 0 Å². The second-order valence-electron chi connectivity index (χ2n) is 3.34. The van der Waals surface area contributed by atoms with E-state index in [1.807, 2.05) is 0 Å². The molecule has 13 heavy (non-hydrogen) atoms. The fraction of sp³-hybridized carbons (Fsp3) is 1.00. The average Bonchev–Trinajstić information content (AvgIpc) is 2.11. The van der Waals surface area contributed by atoms with Crippen molar-refractivity contribution in [1.82, 2.24) is 0 Å². The summed E-state index contributed by atoms with van der Waals surface area (Å²) in [6.07, 6.45) is 6.37. The Bertz CT molecular complexity index is 197. The van der Waals surface area contributed by atoms with Crippen LogP contribution in [0.25, 0.3) is 0 Å². The maximum Gasteiger partial charge on any atom is 0.173 e. The lowest BCUT2D eigenvalue weighted by atomic mass is 10.1. The average molecular weight is 208 g/mol. The molecular weight excluding hydrogens is 188 g/mol. The van der Waals surface area contributed by atoms with E-state index in [-0.39, 0.29) is 5.75 Å². The number of sulfone groups is 1. The van der Waals surface area contributed by atoms with E-state index in [1.54, 1.807) is 0 Å². The first-order valence-electron chi connectivity index (χ1n) is 4.93. The summed E-state index contributed by atoms with van der Waals surface area (Å²) in [4.78, 5) is 0. The zero-order valence-corrected chi connectivity index (χ0v) is 9.15. The summed E-state index contributed by atoms with van der Waals surface area (Å²) in [5, 5.41) is 8.45. The standard InChI is InChI=1S/C9H20O3S/c1-2-3-4-5-6-7-8-13(11,12)9-10/h10H,2-9H2,1H3. The molecule has 1 N–H and O–H groups in total. The van der Waals surface area contributed by atoms with Gasteiger partial charge in [0, 0.05) is 0 Å². The van der Waals surface area contributed by atoms with E-state index in [1.165, 1.54) is 19.3 Å².